The van der Waals surface area contributed by atoms with Crippen LogP contribution in [0.1, 0.15) is 33.1 Å². The predicted octanol–water partition coefficient (Wildman–Crippen LogP) is 2.08. The number of hydrogen-bond acceptors (Lipinski definition) is 4. The Kier molecular flexibility index (Phi) is 4.67. The molecule has 20 heavy (non-hydrogen) atoms. The van der Waals surface area contributed by atoms with Gasteiger partial charge in [0.05, 0.1) is 4.90 Å². The third-order valence-electron chi connectivity index (χ3n) is 4.07. The van der Waals surface area contributed by atoms with Gasteiger partial charge in [-0.05, 0) is 55.4 Å². The Morgan fingerprint density at radius 1 is 1.15 bits per heavy atom. The van der Waals surface area contributed by atoms with Gasteiger partial charge in [-0.1, -0.05) is 13.8 Å². The average Bonchev–Trinajstić information content (AvgIpc) is 2.42. The molecule has 1 fully saturated rings. The van der Waals surface area contributed by atoms with Gasteiger partial charge in [0, 0.05) is 11.7 Å². The van der Waals surface area contributed by atoms with Crippen LogP contribution in [0.5, 0.6) is 0 Å². The number of anilines is 1. The fourth-order valence-corrected chi connectivity index (χ4v) is 4.22. The first-order chi connectivity index (χ1) is 9.42. The Hall–Kier alpha value is -1.11. The van der Waals surface area contributed by atoms with Gasteiger partial charge in [-0.2, -0.15) is 0 Å². The summed E-state index contributed by atoms with van der Waals surface area (Å²) in [5, 5.41) is 0. The van der Waals surface area contributed by atoms with E-state index >= 15 is 0 Å². The molecule has 6 heteroatoms. The maximum absolute atomic E-state index is 12.4. The fourth-order valence-electron chi connectivity index (χ4n) is 2.84. The molecular weight excluding hydrogens is 274 g/mol. The van der Waals surface area contributed by atoms with Gasteiger partial charge in [-0.3, -0.25) is 5.84 Å². The van der Waals surface area contributed by atoms with Crippen molar-refractivity contribution >= 4 is 15.7 Å². The SMILES string of the molecule is CC1CCC(NS(=O)(=O)c2ccc(NN)cc2)C(C)C1. The lowest BCUT2D eigenvalue weighted by Gasteiger charge is -2.32. The Balaban J connectivity index is 2.10. The van der Waals surface area contributed by atoms with E-state index in [4.69, 9.17) is 5.84 Å². The molecule has 1 saturated carbocycles. The molecule has 0 amide bonds. The van der Waals surface area contributed by atoms with Crippen molar-refractivity contribution < 1.29 is 8.42 Å². The van der Waals surface area contributed by atoms with Crippen LogP contribution >= 0.6 is 0 Å². The molecule has 0 aliphatic heterocycles. The smallest absolute Gasteiger partial charge is 0.240 e. The van der Waals surface area contributed by atoms with Gasteiger partial charge < -0.3 is 5.43 Å². The quantitative estimate of drug-likeness (QED) is 0.587. The number of hydrogen-bond donors (Lipinski definition) is 3. The van der Waals surface area contributed by atoms with Crippen molar-refractivity contribution in [2.24, 2.45) is 17.7 Å². The van der Waals surface area contributed by atoms with E-state index in [0.29, 0.717) is 17.5 Å². The van der Waals surface area contributed by atoms with Crippen LogP contribution in [0.15, 0.2) is 29.2 Å². The summed E-state index contributed by atoms with van der Waals surface area (Å²) in [7, 11) is -3.45. The van der Waals surface area contributed by atoms with Gasteiger partial charge in [0.25, 0.3) is 0 Å². The molecule has 3 atom stereocenters. The molecule has 0 spiro atoms. The van der Waals surface area contributed by atoms with Crippen LogP contribution in [0, 0.1) is 11.8 Å². The maximum Gasteiger partial charge on any atom is 0.240 e. The first-order valence-corrected chi connectivity index (χ1v) is 8.49. The van der Waals surface area contributed by atoms with Crippen molar-refractivity contribution in [1.29, 1.82) is 0 Å². The van der Waals surface area contributed by atoms with E-state index in [0.717, 1.165) is 19.3 Å². The van der Waals surface area contributed by atoms with Crippen LogP contribution < -0.4 is 16.0 Å². The van der Waals surface area contributed by atoms with E-state index in [-0.39, 0.29) is 10.9 Å². The Bertz CT molecular complexity index is 542. The van der Waals surface area contributed by atoms with Crippen LogP contribution in [-0.4, -0.2) is 14.5 Å². The molecule has 1 aliphatic carbocycles. The van der Waals surface area contributed by atoms with Gasteiger partial charge in [0.2, 0.25) is 10.0 Å². The lowest BCUT2D eigenvalue weighted by Crippen LogP contribution is -2.42. The lowest BCUT2D eigenvalue weighted by molar-refractivity contribution is 0.249. The normalized spacial score (nSPS) is 27.2. The van der Waals surface area contributed by atoms with E-state index in [1.165, 1.54) is 0 Å². The van der Waals surface area contributed by atoms with E-state index in [2.05, 4.69) is 24.0 Å². The Morgan fingerprint density at radius 2 is 1.80 bits per heavy atom. The fraction of sp³-hybridized carbons (Fsp3) is 0.571. The lowest BCUT2D eigenvalue weighted by atomic mass is 9.80. The predicted molar refractivity (Wildman–Crippen MR) is 80.5 cm³/mol. The first-order valence-electron chi connectivity index (χ1n) is 7.01. The molecule has 0 heterocycles. The summed E-state index contributed by atoms with van der Waals surface area (Å²) in [5.74, 6) is 6.33. The minimum absolute atomic E-state index is 0.0310. The molecule has 4 N–H and O–H groups in total. The summed E-state index contributed by atoms with van der Waals surface area (Å²) in [6.07, 6.45) is 3.06. The van der Waals surface area contributed by atoms with E-state index < -0.39 is 10.0 Å². The molecule has 1 aromatic carbocycles. The maximum atomic E-state index is 12.4. The molecule has 1 aliphatic rings. The van der Waals surface area contributed by atoms with Crippen LogP contribution in [0.3, 0.4) is 0 Å². The summed E-state index contributed by atoms with van der Waals surface area (Å²) < 4.78 is 27.6. The van der Waals surface area contributed by atoms with E-state index in [1.807, 2.05) is 0 Å². The first kappa shape index (κ1) is 15.3. The van der Waals surface area contributed by atoms with Crippen molar-refractivity contribution in [3.63, 3.8) is 0 Å². The molecule has 1 aromatic rings. The Morgan fingerprint density at radius 3 is 2.35 bits per heavy atom. The number of nitrogen functional groups attached to an aromatic ring is 1. The highest BCUT2D eigenvalue weighted by molar-refractivity contribution is 7.89. The zero-order valence-corrected chi connectivity index (χ0v) is 12.8. The van der Waals surface area contributed by atoms with Crippen molar-refractivity contribution in [2.45, 2.75) is 44.0 Å². The molecular formula is C14H23N3O2S. The standard InChI is InChI=1S/C14H23N3O2S/c1-10-3-8-14(11(2)9-10)17-20(18,19)13-6-4-12(16-15)5-7-13/h4-7,10-11,14,16-17H,3,8-9,15H2,1-2H3. The largest absolute Gasteiger partial charge is 0.324 e. The second-order valence-corrected chi connectivity index (χ2v) is 7.51. The number of hydrazine groups is 1. The third kappa shape index (κ3) is 3.50. The topological polar surface area (TPSA) is 84.2 Å². The number of sulfonamides is 1. The molecule has 5 nitrogen and oxygen atoms in total. The van der Waals surface area contributed by atoms with Gasteiger partial charge in [0.15, 0.2) is 0 Å². The van der Waals surface area contributed by atoms with Crippen molar-refractivity contribution in [1.82, 2.24) is 4.72 Å². The summed E-state index contributed by atoms with van der Waals surface area (Å²) in [5.41, 5.74) is 3.17. The van der Waals surface area contributed by atoms with Crippen LogP contribution in [0.4, 0.5) is 5.69 Å². The monoisotopic (exact) mass is 297 g/mol. The molecule has 112 valence electrons. The minimum Gasteiger partial charge on any atom is -0.324 e. The summed E-state index contributed by atoms with van der Waals surface area (Å²) >= 11 is 0. The second kappa shape index (κ2) is 6.11. The zero-order chi connectivity index (χ0) is 14.8. The number of benzene rings is 1. The van der Waals surface area contributed by atoms with Crippen molar-refractivity contribution in [2.75, 3.05) is 5.43 Å². The van der Waals surface area contributed by atoms with Gasteiger partial charge in [0.1, 0.15) is 0 Å². The highest BCUT2D eigenvalue weighted by atomic mass is 32.2. The van der Waals surface area contributed by atoms with Crippen molar-refractivity contribution in [3.05, 3.63) is 24.3 Å². The number of nitrogens with one attached hydrogen (secondary N) is 2. The molecule has 3 unspecified atom stereocenters. The molecule has 0 saturated heterocycles. The van der Waals surface area contributed by atoms with Gasteiger partial charge in [-0.15, -0.1) is 0 Å². The zero-order valence-electron chi connectivity index (χ0n) is 12.0. The Labute approximate surface area is 121 Å². The van der Waals surface area contributed by atoms with E-state index in [1.54, 1.807) is 24.3 Å². The molecule has 0 radical (unpaired) electrons. The second-order valence-electron chi connectivity index (χ2n) is 5.79. The van der Waals surface area contributed by atoms with Crippen LogP contribution in [0.2, 0.25) is 0 Å². The minimum atomic E-state index is -3.45. The van der Waals surface area contributed by atoms with Gasteiger partial charge >= 0.3 is 0 Å². The number of nitrogens with two attached hydrogens (primary N) is 1. The van der Waals surface area contributed by atoms with E-state index in [9.17, 15) is 8.42 Å². The van der Waals surface area contributed by atoms with Crippen LogP contribution in [-0.2, 0) is 10.0 Å². The summed E-state index contributed by atoms with van der Waals surface area (Å²) in [4.78, 5) is 0.280. The molecule has 0 bridgehead atoms. The van der Waals surface area contributed by atoms with Crippen molar-refractivity contribution in [3.8, 4) is 0 Å². The molecule has 2 rings (SSSR count). The highest BCUT2D eigenvalue weighted by Gasteiger charge is 2.29. The van der Waals surface area contributed by atoms with Crippen LogP contribution in [0.25, 0.3) is 0 Å². The summed E-state index contributed by atoms with van der Waals surface area (Å²) in [6, 6.07) is 6.46. The average molecular weight is 297 g/mol. The third-order valence-corrected chi connectivity index (χ3v) is 5.58. The number of rotatable bonds is 4. The van der Waals surface area contributed by atoms with Gasteiger partial charge in [-0.25, -0.2) is 13.1 Å². The summed E-state index contributed by atoms with van der Waals surface area (Å²) in [6.45, 7) is 4.34. The molecule has 0 aromatic heterocycles. The highest BCUT2D eigenvalue weighted by Crippen LogP contribution is 2.29.